The minimum absolute atomic E-state index is 0.0374. The van der Waals surface area contributed by atoms with Crippen LogP contribution in [0.3, 0.4) is 0 Å². The van der Waals surface area contributed by atoms with Gasteiger partial charge < -0.3 is 19.9 Å². The Bertz CT molecular complexity index is 939. The van der Waals surface area contributed by atoms with Crippen LogP contribution in [0.1, 0.15) is 29.8 Å². The second kappa shape index (κ2) is 8.76. The zero-order chi connectivity index (χ0) is 21.4. The number of aliphatic hydroxyl groups excluding tert-OH is 1. The molecular weight excluding hydrogens is 396 g/mol. The lowest BCUT2D eigenvalue weighted by molar-refractivity contribution is 0.0361. The Labute approximate surface area is 182 Å². The first-order valence-corrected chi connectivity index (χ1v) is 11.4. The summed E-state index contributed by atoms with van der Waals surface area (Å²) in [6, 6.07) is 5.79. The van der Waals surface area contributed by atoms with Gasteiger partial charge in [0, 0.05) is 43.6 Å². The molecule has 0 radical (unpaired) electrons. The molecule has 1 saturated heterocycles. The zero-order valence-electron chi connectivity index (χ0n) is 18.1. The minimum Gasteiger partial charge on any atom is -0.494 e. The molecule has 1 aromatic heterocycles. The van der Waals surface area contributed by atoms with E-state index in [0.29, 0.717) is 24.1 Å². The number of amides is 1. The molecule has 31 heavy (non-hydrogen) atoms. The molecule has 2 N–H and O–H groups in total. The van der Waals surface area contributed by atoms with Crippen molar-refractivity contribution in [3.8, 4) is 5.75 Å². The number of rotatable bonds is 7. The Morgan fingerprint density at radius 1 is 1.26 bits per heavy atom. The van der Waals surface area contributed by atoms with Crippen molar-refractivity contribution in [1.82, 2.24) is 20.0 Å². The van der Waals surface area contributed by atoms with E-state index in [9.17, 15) is 9.90 Å². The number of carbonyl (C=O) groups is 1. The summed E-state index contributed by atoms with van der Waals surface area (Å²) in [6.45, 7) is 5.00. The van der Waals surface area contributed by atoms with Crippen LogP contribution in [0.15, 0.2) is 18.2 Å². The highest BCUT2D eigenvalue weighted by Gasteiger charge is 2.48. The molecule has 168 valence electrons. The van der Waals surface area contributed by atoms with Gasteiger partial charge in [0.25, 0.3) is 5.91 Å². The molecule has 1 aliphatic heterocycles. The molecule has 4 atom stereocenters. The predicted molar refractivity (Wildman–Crippen MR) is 116 cm³/mol. The lowest BCUT2D eigenvalue weighted by atomic mass is 9.85. The number of para-hydroxylation sites is 1. The third-order valence-electron chi connectivity index (χ3n) is 7.50. The van der Waals surface area contributed by atoms with E-state index in [-0.39, 0.29) is 24.5 Å². The highest BCUT2D eigenvalue weighted by molar-refractivity contribution is 6.06. The SMILES string of the molecule is COc1cccc2c(C(=O)NC3C4CCC(C4)C3CO)nn(CCN3CCOCC3)c12. The van der Waals surface area contributed by atoms with Crippen molar-refractivity contribution in [2.45, 2.75) is 31.8 Å². The zero-order valence-corrected chi connectivity index (χ0v) is 18.1. The summed E-state index contributed by atoms with van der Waals surface area (Å²) in [7, 11) is 1.65. The van der Waals surface area contributed by atoms with E-state index in [1.165, 1.54) is 6.42 Å². The standard InChI is InChI=1S/C23H32N4O4/c1-30-19-4-2-3-17-21(23(29)24-20-16-6-5-15(13-16)18(20)14-28)25-27(22(17)19)8-7-26-9-11-31-12-10-26/h2-4,15-16,18,20,28H,5-14H2,1H3,(H,24,29). The lowest BCUT2D eigenvalue weighted by Crippen LogP contribution is -2.45. The molecule has 1 aromatic carbocycles. The number of hydrogen-bond donors (Lipinski definition) is 2. The minimum atomic E-state index is -0.153. The van der Waals surface area contributed by atoms with Gasteiger partial charge >= 0.3 is 0 Å². The smallest absolute Gasteiger partial charge is 0.272 e. The van der Waals surface area contributed by atoms with E-state index in [0.717, 1.165) is 62.3 Å². The van der Waals surface area contributed by atoms with Gasteiger partial charge in [0.1, 0.15) is 11.3 Å². The topological polar surface area (TPSA) is 88.8 Å². The molecule has 0 spiro atoms. The maximum Gasteiger partial charge on any atom is 0.272 e. The number of hydrogen-bond acceptors (Lipinski definition) is 6. The van der Waals surface area contributed by atoms with E-state index in [1.807, 2.05) is 22.9 Å². The van der Waals surface area contributed by atoms with Gasteiger partial charge in [0.05, 0.1) is 26.9 Å². The second-order valence-electron chi connectivity index (χ2n) is 9.06. The fourth-order valence-corrected chi connectivity index (χ4v) is 5.88. The molecule has 2 bridgehead atoms. The van der Waals surface area contributed by atoms with Crippen LogP contribution in [0.2, 0.25) is 0 Å². The highest BCUT2D eigenvalue weighted by atomic mass is 16.5. The fourth-order valence-electron chi connectivity index (χ4n) is 5.88. The van der Waals surface area contributed by atoms with Gasteiger partial charge in [0.15, 0.2) is 5.69 Å². The van der Waals surface area contributed by atoms with Crippen LogP contribution in [0.25, 0.3) is 10.9 Å². The van der Waals surface area contributed by atoms with Crippen LogP contribution in [-0.4, -0.2) is 78.3 Å². The Kier molecular flexibility index (Phi) is 5.86. The number of morpholine rings is 1. The molecule has 8 nitrogen and oxygen atoms in total. The van der Waals surface area contributed by atoms with Gasteiger partial charge in [-0.15, -0.1) is 0 Å². The van der Waals surface area contributed by atoms with Crippen molar-refractivity contribution in [1.29, 1.82) is 0 Å². The first kappa shape index (κ1) is 20.7. The Morgan fingerprint density at radius 3 is 2.84 bits per heavy atom. The highest BCUT2D eigenvalue weighted by Crippen LogP contribution is 2.48. The number of aliphatic hydroxyl groups is 1. The maximum atomic E-state index is 13.3. The number of fused-ring (bicyclic) bond motifs is 3. The average Bonchev–Trinajstić information content (AvgIpc) is 3.51. The van der Waals surface area contributed by atoms with Gasteiger partial charge in [-0.3, -0.25) is 14.4 Å². The molecule has 8 heteroatoms. The van der Waals surface area contributed by atoms with E-state index in [1.54, 1.807) is 7.11 Å². The number of ether oxygens (including phenoxy) is 2. The summed E-state index contributed by atoms with van der Waals surface area (Å²) in [4.78, 5) is 15.7. The van der Waals surface area contributed by atoms with Crippen LogP contribution < -0.4 is 10.1 Å². The molecule has 3 fully saturated rings. The number of methoxy groups -OCH3 is 1. The third-order valence-corrected chi connectivity index (χ3v) is 7.50. The quantitative estimate of drug-likeness (QED) is 0.695. The molecule has 2 heterocycles. The summed E-state index contributed by atoms with van der Waals surface area (Å²) in [5.74, 6) is 1.73. The van der Waals surface area contributed by atoms with Crippen LogP contribution in [-0.2, 0) is 11.3 Å². The molecule has 2 aliphatic carbocycles. The van der Waals surface area contributed by atoms with E-state index >= 15 is 0 Å². The molecular formula is C23H32N4O4. The number of carbonyl (C=O) groups excluding carboxylic acids is 1. The molecule has 1 amide bonds. The van der Waals surface area contributed by atoms with Gasteiger partial charge in [-0.1, -0.05) is 12.1 Å². The fraction of sp³-hybridized carbons (Fsp3) is 0.652. The van der Waals surface area contributed by atoms with Crippen molar-refractivity contribution in [3.05, 3.63) is 23.9 Å². The lowest BCUT2D eigenvalue weighted by Gasteiger charge is -2.30. The van der Waals surface area contributed by atoms with Crippen molar-refractivity contribution in [3.63, 3.8) is 0 Å². The average molecular weight is 429 g/mol. The largest absolute Gasteiger partial charge is 0.494 e. The Hall–Kier alpha value is -2.16. The number of aromatic nitrogens is 2. The van der Waals surface area contributed by atoms with Gasteiger partial charge in [-0.05, 0) is 37.2 Å². The molecule has 2 aromatic rings. The monoisotopic (exact) mass is 428 g/mol. The van der Waals surface area contributed by atoms with Crippen LogP contribution in [0.5, 0.6) is 5.75 Å². The van der Waals surface area contributed by atoms with Gasteiger partial charge in [-0.2, -0.15) is 5.10 Å². The summed E-state index contributed by atoms with van der Waals surface area (Å²) in [5, 5.41) is 18.7. The van der Waals surface area contributed by atoms with Crippen molar-refractivity contribution in [2.75, 3.05) is 46.6 Å². The first-order valence-electron chi connectivity index (χ1n) is 11.4. The van der Waals surface area contributed by atoms with Crippen molar-refractivity contribution >= 4 is 16.8 Å². The normalized spacial score (nSPS) is 28.3. The van der Waals surface area contributed by atoms with Crippen LogP contribution in [0, 0.1) is 17.8 Å². The third kappa shape index (κ3) is 3.81. The van der Waals surface area contributed by atoms with Gasteiger partial charge in [-0.25, -0.2) is 0 Å². The van der Waals surface area contributed by atoms with Crippen molar-refractivity contribution < 1.29 is 19.4 Å². The van der Waals surface area contributed by atoms with Crippen LogP contribution in [0.4, 0.5) is 0 Å². The van der Waals surface area contributed by atoms with E-state index in [4.69, 9.17) is 14.6 Å². The summed E-state index contributed by atoms with van der Waals surface area (Å²) >= 11 is 0. The van der Waals surface area contributed by atoms with Crippen LogP contribution >= 0.6 is 0 Å². The Morgan fingerprint density at radius 2 is 2.06 bits per heavy atom. The Balaban J connectivity index is 1.40. The number of benzene rings is 1. The van der Waals surface area contributed by atoms with E-state index < -0.39 is 0 Å². The summed E-state index contributed by atoms with van der Waals surface area (Å²) in [6.07, 6.45) is 3.41. The predicted octanol–water partition coefficient (Wildman–Crippen LogP) is 1.51. The summed E-state index contributed by atoms with van der Waals surface area (Å²) < 4.78 is 12.9. The van der Waals surface area contributed by atoms with Crippen molar-refractivity contribution in [2.24, 2.45) is 17.8 Å². The molecule has 2 saturated carbocycles. The molecule has 3 aliphatic rings. The number of nitrogens with zero attached hydrogens (tertiary/aromatic N) is 3. The summed E-state index contributed by atoms with van der Waals surface area (Å²) in [5.41, 5.74) is 1.30. The van der Waals surface area contributed by atoms with Gasteiger partial charge in [0.2, 0.25) is 0 Å². The maximum absolute atomic E-state index is 13.3. The number of nitrogens with one attached hydrogen (secondary N) is 1. The molecule has 5 rings (SSSR count). The first-order chi connectivity index (χ1) is 15.2. The second-order valence-corrected chi connectivity index (χ2v) is 9.06. The van der Waals surface area contributed by atoms with E-state index in [2.05, 4.69) is 10.2 Å². The molecule has 4 unspecified atom stereocenters.